The number of benzene rings is 2. The van der Waals surface area contributed by atoms with Gasteiger partial charge >= 0.3 is 0 Å². The molecule has 0 aliphatic carbocycles. The van der Waals surface area contributed by atoms with Crippen LogP contribution in [0.1, 0.15) is 5.89 Å². The van der Waals surface area contributed by atoms with Gasteiger partial charge in [-0.25, -0.2) is 0 Å². The largest absolute Gasteiger partial charge is 0.497 e. The molecule has 4 aromatic rings. The van der Waals surface area contributed by atoms with Crippen LogP contribution >= 0.6 is 35.0 Å². The van der Waals surface area contributed by atoms with E-state index in [1.165, 1.54) is 11.8 Å². The molecule has 4 rings (SSSR count). The number of ether oxygens (including phenoxy) is 2. The zero-order valence-electron chi connectivity index (χ0n) is 15.8. The van der Waals surface area contributed by atoms with Crippen molar-refractivity contribution in [2.24, 2.45) is 0 Å². The molecule has 0 radical (unpaired) electrons. The summed E-state index contributed by atoms with van der Waals surface area (Å²) in [6, 6.07) is 10.4. The summed E-state index contributed by atoms with van der Waals surface area (Å²) in [5.41, 5.74) is 1.29. The van der Waals surface area contributed by atoms with E-state index in [0.717, 1.165) is 0 Å². The average Bonchev–Trinajstić information content (AvgIpc) is 3.41. The van der Waals surface area contributed by atoms with E-state index in [0.29, 0.717) is 61.3 Å². The number of aromatic nitrogens is 4. The molecule has 0 aliphatic heterocycles. The lowest BCUT2D eigenvalue weighted by Crippen LogP contribution is -1.88. The molecule has 0 aliphatic rings. The molecule has 2 aromatic carbocycles. The summed E-state index contributed by atoms with van der Waals surface area (Å²) in [5, 5.41) is 17.5. The Labute approximate surface area is 185 Å². The highest BCUT2D eigenvalue weighted by atomic mass is 35.5. The zero-order chi connectivity index (χ0) is 21.1. The van der Waals surface area contributed by atoms with E-state index in [1.807, 2.05) is 0 Å². The van der Waals surface area contributed by atoms with E-state index in [2.05, 4.69) is 20.4 Å². The van der Waals surface area contributed by atoms with E-state index in [-0.39, 0.29) is 0 Å². The second kappa shape index (κ2) is 8.95. The summed E-state index contributed by atoms with van der Waals surface area (Å²) in [4.78, 5) is 0. The second-order valence-electron chi connectivity index (χ2n) is 5.89. The molecule has 0 atom stereocenters. The summed E-state index contributed by atoms with van der Waals surface area (Å²) in [5.74, 6) is 2.63. The van der Waals surface area contributed by atoms with Crippen LogP contribution in [-0.4, -0.2) is 34.6 Å². The number of nitrogens with zero attached hydrogens (tertiary/aromatic N) is 4. The molecule has 0 fully saturated rings. The number of hydrogen-bond acceptors (Lipinski definition) is 9. The molecule has 8 nitrogen and oxygen atoms in total. The summed E-state index contributed by atoms with van der Waals surface area (Å²) in [6.07, 6.45) is 0. The van der Waals surface area contributed by atoms with Crippen molar-refractivity contribution >= 4 is 35.0 Å². The fourth-order valence-electron chi connectivity index (χ4n) is 2.52. The van der Waals surface area contributed by atoms with Gasteiger partial charge in [0.15, 0.2) is 0 Å². The van der Waals surface area contributed by atoms with Crippen molar-refractivity contribution in [1.29, 1.82) is 0 Å². The zero-order valence-corrected chi connectivity index (χ0v) is 18.1. The number of thioether (sulfide) groups is 1. The smallest absolute Gasteiger partial charge is 0.277 e. The van der Waals surface area contributed by atoms with Gasteiger partial charge < -0.3 is 18.3 Å². The van der Waals surface area contributed by atoms with Crippen molar-refractivity contribution in [3.8, 4) is 34.4 Å². The van der Waals surface area contributed by atoms with Crippen molar-refractivity contribution < 1.29 is 18.3 Å². The summed E-state index contributed by atoms with van der Waals surface area (Å²) >= 11 is 13.4. The average molecular weight is 465 g/mol. The van der Waals surface area contributed by atoms with Crippen LogP contribution in [0.15, 0.2) is 50.5 Å². The first-order valence-electron chi connectivity index (χ1n) is 8.53. The third-order valence-electron chi connectivity index (χ3n) is 3.95. The molecule has 2 heterocycles. The topological polar surface area (TPSA) is 96.3 Å². The molecule has 0 spiro atoms. The first kappa shape index (κ1) is 20.5. The number of halogens is 2. The lowest BCUT2D eigenvalue weighted by molar-refractivity contribution is 0.394. The van der Waals surface area contributed by atoms with Crippen LogP contribution in [0.3, 0.4) is 0 Å². The van der Waals surface area contributed by atoms with Gasteiger partial charge in [0.05, 0.1) is 30.6 Å². The van der Waals surface area contributed by atoms with Gasteiger partial charge in [-0.3, -0.25) is 0 Å². The highest BCUT2D eigenvalue weighted by Crippen LogP contribution is 2.32. The quantitative estimate of drug-likeness (QED) is 0.332. The van der Waals surface area contributed by atoms with Crippen molar-refractivity contribution in [3.05, 3.63) is 52.3 Å². The van der Waals surface area contributed by atoms with Gasteiger partial charge in [-0.05, 0) is 30.3 Å². The molecule has 0 N–H and O–H groups in total. The van der Waals surface area contributed by atoms with Gasteiger partial charge in [-0.15, -0.1) is 20.4 Å². The van der Waals surface area contributed by atoms with Crippen molar-refractivity contribution in [2.75, 3.05) is 14.2 Å². The van der Waals surface area contributed by atoms with E-state index < -0.39 is 0 Å². The Morgan fingerprint density at radius 1 is 0.867 bits per heavy atom. The van der Waals surface area contributed by atoms with Gasteiger partial charge in [-0.2, -0.15) is 0 Å². The van der Waals surface area contributed by atoms with Crippen LogP contribution in [0.5, 0.6) is 11.5 Å². The Hall–Kier alpha value is -2.75. The molecule has 154 valence electrons. The SMILES string of the molecule is COc1cc(OC)cc(-c2nnc(SCc3nnc(-c4ccc(Cl)cc4Cl)o3)o2)c1. The normalized spacial score (nSPS) is 10.9. The maximum atomic E-state index is 6.18. The van der Waals surface area contributed by atoms with Crippen LogP contribution in [0, 0.1) is 0 Å². The highest BCUT2D eigenvalue weighted by Gasteiger charge is 2.15. The van der Waals surface area contributed by atoms with Gasteiger partial charge in [0.2, 0.25) is 17.7 Å². The lowest BCUT2D eigenvalue weighted by Gasteiger charge is -2.05. The monoisotopic (exact) mass is 464 g/mol. The predicted molar refractivity (Wildman–Crippen MR) is 112 cm³/mol. The van der Waals surface area contributed by atoms with Crippen molar-refractivity contribution in [3.63, 3.8) is 0 Å². The van der Waals surface area contributed by atoms with E-state index in [4.69, 9.17) is 41.5 Å². The molecule has 11 heteroatoms. The minimum atomic E-state index is 0.307. The first-order valence-corrected chi connectivity index (χ1v) is 10.3. The Balaban J connectivity index is 1.46. The van der Waals surface area contributed by atoms with E-state index in [1.54, 1.807) is 50.6 Å². The van der Waals surface area contributed by atoms with Crippen LogP contribution < -0.4 is 9.47 Å². The van der Waals surface area contributed by atoms with Gasteiger partial charge in [0.1, 0.15) is 11.5 Å². The van der Waals surface area contributed by atoms with Gasteiger partial charge in [0.25, 0.3) is 5.22 Å². The minimum absolute atomic E-state index is 0.307. The van der Waals surface area contributed by atoms with E-state index >= 15 is 0 Å². The molecule has 0 saturated carbocycles. The molecule has 30 heavy (non-hydrogen) atoms. The Kier molecular flexibility index (Phi) is 6.12. The van der Waals surface area contributed by atoms with Gasteiger partial charge in [-0.1, -0.05) is 35.0 Å². The molecule has 2 aromatic heterocycles. The molecule has 0 unspecified atom stereocenters. The fraction of sp³-hybridized carbons (Fsp3) is 0.158. The molecular weight excluding hydrogens is 451 g/mol. The van der Waals surface area contributed by atoms with Crippen LogP contribution in [0.25, 0.3) is 22.9 Å². The molecule has 0 saturated heterocycles. The van der Waals surface area contributed by atoms with Crippen LogP contribution in [0.2, 0.25) is 10.0 Å². The Bertz CT molecular complexity index is 1160. The number of rotatable bonds is 7. The highest BCUT2D eigenvalue weighted by molar-refractivity contribution is 7.98. The maximum absolute atomic E-state index is 6.18. The third kappa shape index (κ3) is 4.53. The van der Waals surface area contributed by atoms with Crippen molar-refractivity contribution in [2.45, 2.75) is 11.0 Å². The number of methoxy groups -OCH3 is 2. The summed E-state index contributed by atoms with van der Waals surface area (Å²) < 4.78 is 21.9. The summed E-state index contributed by atoms with van der Waals surface area (Å²) in [7, 11) is 3.15. The maximum Gasteiger partial charge on any atom is 0.277 e. The second-order valence-corrected chi connectivity index (χ2v) is 7.66. The fourth-order valence-corrected chi connectivity index (χ4v) is 3.61. The van der Waals surface area contributed by atoms with Gasteiger partial charge in [0, 0.05) is 16.7 Å². The van der Waals surface area contributed by atoms with Crippen LogP contribution in [-0.2, 0) is 5.75 Å². The number of hydrogen-bond donors (Lipinski definition) is 0. The van der Waals surface area contributed by atoms with E-state index in [9.17, 15) is 0 Å². The summed E-state index contributed by atoms with van der Waals surface area (Å²) in [6.45, 7) is 0. The lowest BCUT2D eigenvalue weighted by atomic mass is 10.2. The molecular formula is C19H14Cl2N4O4S. The standard InChI is InChI=1S/C19H14Cl2N4O4S/c1-26-12-5-10(6-13(8-12)27-2)17-23-25-19(29-17)30-9-16-22-24-18(28-16)14-4-3-11(20)7-15(14)21/h3-8H,9H2,1-2H3. The first-order chi connectivity index (χ1) is 14.6. The molecule has 0 bridgehead atoms. The Morgan fingerprint density at radius 2 is 1.60 bits per heavy atom. The molecule has 0 amide bonds. The Morgan fingerprint density at radius 3 is 2.30 bits per heavy atom. The van der Waals surface area contributed by atoms with Crippen LogP contribution in [0.4, 0.5) is 0 Å². The predicted octanol–water partition coefficient (Wildman–Crippen LogP) is 5.40. The van der Waals surface area contributed by atoms with Crippen molar-refractivity contribution in [1.82, 2.24) is 20.4 Å². The minimum Gasteiger partial charge on any atom is -0.497 e. The third-order valence-corrected chi connectivity index (χ3v) is 5.30.